The molecule has 4 aromatic rings. The molecule has 0 aliphatic carbocycles. The number of amides is 1. The lowest BCUT2D eigenvalue weighted by Gasteiger charge is -2.04. The Bertz CT molecular complexity index is 1210. The van der Waals surface area contributed by atoms with Crippen LogP contribution in [0.25, 0.3) is 17.0 Å². The summed E-state index contributed by atoms with van der Waals surface area (Å²) in [6.45, 7) is 1.84. The average molecular weight is 393 g/mol. The SMILES string of the molecule is COc1ccc(C(=O)Nc2cc(C)[nH][n+]2-c2nc3ccccc3[nH]2)cc1[N+](=O)[O-]. The minimum Gasteiger partial charge on any atom is -0.490 e. The van der Waals surface area contributed by atoms with E-state index in [0.29, 0.717) is 11.8 Å². The molecule has 4 rings (SSSR count). The number of hydrogen-bond donors (Lipinski definition) is 3. The van der Waals surface area contributed by atoms with Crippen LogP contribution in [0.2, 0.25) is 0 Å². The second-order valence-corrected chi connectivity index (χ2v) is 6.34. The van der Waals surface area contributed by atoms with Gasteiger partial charge < -0.3 is 4.74 Å². The number of aryl methyl sites for hydroxylation is 1. The van der Waals surface area contributed by atoms with E-state index >= 15 is 0 Å². The Morgan fingerprint density at radius 2 is 2.03 bits per heavy atom. The zero-order valence-electron chi connectivity index (χ0n) is 15.6. The predicted octanol–water partition coefficient (Wildman–Crippen LogP) is 2.65. The maximum atomic E-state index is 12.7. The Morgan fingerprint density at radius 1 is 1.24 bits per heavy atom. The minimum atomic E-state index is -0.593. The van der Waals surface area contributed by atoms with E-state index in [-0.39, 0.29) is 17.0 Å². The first kappa shape index (κ1) is 18.2. The van der Waals surface area contributed by atoms with Crippen LogP contribution < -0.4 is 14.7 Å². The van der Waals surface area contributed by atoms with Crippen LogP contribution >= 0.6 is 0 Å². The van der Waals surface area contributed by atoms with Crippen molar-refractivity contribution in [2.75, 3.05) is 12.4 Å². The first-order valence-corrected chi connectivity index (χ1v) is 8.67. The van der Waals surface area contributed by atoms with Crippen molar-refractivity contribution in [1.29, 1.82) is 0 Å². The smallest absolute Gasteiger partial charge is 0.374 e. The van der Waals surface area contributed by atoms with Gasteiger partial charge in [0.2, 0.25) is 5.82 Å². The van der Waals surface area contributed by atoms with Crippen LogP contribution in [0.4, 0.5) is 11.5 Å². The molecule has 0 radical (unpaired) electrons. The van der Waals surface area contributed by atoms with Gasteiger partial charge in [0, 0.05) is 17.8 Å². The van der Waals surface area contributed by atoms with E-state index in [9.17, 15) is 14.9 Å². The van der Waals surface area contributed by atoms with Crippen molar-refractivity contribution in [2.24, 2.45) is 0 Å². The van der Waals surface area contributed by atoms with Crippen molar-refractivity contribution in [1.82, 2.24) is 15.1 Å². The number of carbonyl (C=O) groups is 1. The summed E-state index contributed by atoms with van der Waals surface area (Å²) in [6.07, 6.45) is 0. The fourth-order valence-electron chi connectivity index (χ4n) is 3.01. The van der Waals surface area contributed by atoms with E-state index in [1.807, 2.05) is 31.2 Å². The molecule has 0 atom stereocenters. The molecule has 29 heavy (non-hydrogen) atoms. The van der Waals surface area contributed by atoms with E-state index in [0.717, 1.165) is 16.7 Å². The average Bonchev–Trinajstić information content (AvgIpc) is 3.30. The summed E-state index contributed by atoms with van der Waals surface area (Å²) < 4.78 is 6.58. The highest BCUT2D eigenvalue weighted by molar-refractivity contribution is 6.04. The molecule has 0 saturated heterocycles. The molecular weight excluding hydrogens is 376 g/mol. The summed E-state index contributed by atoms with van der Waals surface area (Å²) in [6, 6.07) is 13.3. The number of nitrogens with zero attached hydrogens (tertiary/aromatic N) is 3. The number of para-hydroxylation sites is 2. The van der Waals surface area contributed by atoms with Gasteiger partial charge in [0.1, 0.15) is 5.52 Å². The lowest BCUT2D eigenvalue weighted by atomic mass is 10.1. The number of nitrogens with one attached hydrogen (secondary N) is 3. The summed E-state index contributed by atoms with van der Waals surface area (Å²) in [4.78, 5) is 31.0. The highest BCUT2D eigenvalue weighted by Crippen LogP contribution is 2.27. The van der Waals surface area contributed by atoms with Crippen LogP contribution in [0.5, 0.6) is 5.75 Å². The van der Waals surface area contributed by atoms with Gasteiger partial charge in [-0.2, -0.15) is 0 Å². The molecule has 10 heteroatoms. The molecule has 2 aromatic heterocycles. The molecule has 0 spiro atoms. The molecule has 3 N–H and O–H groups in total. The Kier molecular flexibility index (Phi) is 4.43. The van der Waals surface area contributed by atoms with Crippen LogP contribution in [-0.2, 0) is 0 Å². The molecule has 0 unspecified atom stereocenters. The number of carbonyl (C=O) groups excluding carboxylic acids is 1. The van der Waals surface area contributed by atoms with Crippen LogP contribution in [-0.4, -0.2) is 33.0 Å². The van der Waals surface area contributed by atoms with Gasteiger partial charge in [0.15, 0.2) is 11.3 Å². The third kappa shape index (κ3) is 3.38. The quantitative estimate of drug-likeness (QED) is 0.273. The number of rotatable bonds is 5. The second-order valence-electron chi connectivity index (χ2n) is 6.34. The molecular formula is C19H17N6O4+. The van der Waals surface area contributed by atoms with Crippen LogP contribution in [0.1, 0.15) is 16.1 Å². The molecule has 1 amide bonds. The van der Waals surface area contributed by atoms with Crippen molar-refractivity contribution in [3.63, 3.8) is 0 Å². The Hall–Kier alpha value is -4.21. The summed E-state index contributed by atoms with van der Waals surface area (Å²) in [5.41, 5.74) is 2.28. The molecule has 0 bridgehead atoms. The monoisotopic (exact) mass is 393 g/mol. The number of H-pyrrole nitrogens is 2. The Balaban J connectivity index is 1.68. The number of nitro groups is 1. The predicted molar refractivity (Wildman–Crippen MR) is 104 cm³/mol. The van der Waals surface area contributed by atoms with E-state index in [1.165, 1.54) is 25.3 Å². The maximum absolute atomic E-state index is 12.7. The summed E-state index contributed by atoms with van der Waals surface area (Å²) >= 11 is 0. The molecule has 0 aliphatic heterocycles. The highest BCUT2D eigenvalue weighted by Gasteiger charge is 2.23. The van der Waals surface area contributed by atoms with E-state index in [2.05, 4.69) is 20.4 Å². The largest absolute Gasteiger partial charge is 0.490 e. The van der Waals surface area contributed by atoms with Gasteiger partial charge >= 0.3 is 11.6 Å². The lowest BCUT2D eigenvalue weighted by Crippen LogP contribution is -2.38. The van der Waals surface area contributed by atoms with Crippen LogP contribution in [0.15, 0.2) is 48.5 Å². The van der Waals surface area contributed by atoms with Crippen molar-refractivity contribution >= 4 is 28.4 Å². The number of imidazole rings is 1. The van der Waals surface area contributed by atoms with Crippen LogP contribution in [0, 0.1) is 17.0 Å². The zero-order valence-corrected chi connectivity index (χ0v) is 15.6. The van der Waals surface area contributed by atoms with E-state index < -0.39 is 10.8 Å². The number of aromatic nitrogens is 4. The molecule has 0 fully saturated rings. The first-order chi connectivity index (χ1) is 14.0. The molecule has 10 nitrogen and oxygen atoms in total. The van der Waals surface area contributed by atoms with Crippen LogP contribution in [0.3, 0.4) is 0 Å². The summed E-state index contributed by atoms with van der Waals surface area (Å²) in [5, 5.41) is 17.1. The fraction of sp³-hybridized carbons (Fsp3) is 0.105. The third-order valence-corrected chi connectivity index (χ3v) is 4.35. The fourth-order valence-corrected chi connectivity index (χ4v) is 3.01. The Labute approximate surface area is 164 Å². The third-order valence-electron chi connectivity index (χ3n) is 4.35. The van der Waals surface area contributed by atoms with E-state index in [1.54, 1.807) is 10.7 Å². The number of benzene rings is 2. The molecule has 0 aliphatic rings. The van der Waals surface area contributed by atoms with Gasteiger partial charge in [-0.1, -0.05) is 12.1 Å². The lowest BCUT2D eigenvalue weighted by molar-refractivity contribution is -0.648. The van der Waals surface area contributed by atoms with Crippen molar-refractivity contribution < 1.29 is 19.1 Å². The van der Waals surface area contributed by atoms with Gasteiger partial charge in [0.25, 0.3) is 5.91 Å². The van der Waals surface area contributed by atoms with E-state index in [4.69, 9.17) is 4.74 Å². The molecule has 2 heterocycles. The first-order valence-electron chi connectivity index (χ1n) is 8.67. The second kappa shape index (κ2) is 7.08. The van der Waals surface area contributed by atoms with Gasteiger partial charge in [-0.05, 0) is 31.2 Å². The number of methoxy groups -OCH3 is 1. The number of ether oxygens (including phenoxy) is 1. The van der Waals surface area contributed by atoms with Crippen molar-refractivity contribution in [3.8, 4) is 11.7 Å². The molecule has 2 aromatic carbocycles. The summed E-state index contributed by atoms with van der Waals surface area (Å²) in [5.74, 6) is 0.515. The van der Waals surface area contributed by atoms with Crippen molar-refractivity contribution in [2.45, 2.75) is 6.92 Å². The number of hydrogen-bond acceptors (Lipinski definition) is 5. The Morgan fingerprint density at radius 3 is 2.76 bits per heavy atom. The highest BCUT2D eigenvalue weighted by atomic mass is 16.6. The topological polar surface area (TPSA) is 130 Å². The van der Waals surface area contributed by atoms with Gasteiger partial charge in [-0.3, -0.25) is 30.3 Å². The number of aromatic amines is 2. The molecule has 0 saturated carbocycles. The number of fused-ring (bicyclic) bond motifs is 1. The number of nitro benzene ring substituents is 1. The van der Waals surface area contributed by atoms with Crippen molar-refractivity contribution in [3.05, 3.63) is 69.9 Å². The van der Waals surface area contributed by atoms with Gasteiger partial charge in [-0.25, -0.2) is 0 Å². The maximum Gasteiger partial charge on any atom is 0.374 e. The zero-order chi connectivity index (χ0) is 20.5. The number of anilines is 1. The summed E-state index contributed by atoms with van der Waals surface area (Å²) in [7, 11) is 1.33. The molecule has 146 valence electrons. The van der Waals surface area contributed by atoms with Gasteiger partial charge in [-0.15, -0.1) is 9.67 Å². The normalized spacial score (nSPS) is 10.8. The van der Waals surface area contributed by atoms with Gasteiger partial charge in [0.05, 0.1) is 17.6 Å². The standard InChI is InChI=1S/C19H16N6O4/c1-11-9-17(24(23-11)19-20-13-5-3-4-6-14(13)21-19)22-18(26)12-7-8-16(29-2)15(10-12)25(27)28/h3-10H,1-2H3,(H2,20,21,22,23,26)/p+1. The minimum absolute atomic E-state index is 0.0846.